The summed E-state index contributed by atoms with van der Waals surface area (Å²) in [5.41, 5.74) is 11.2. The molecule has 0 saturated heterocycles. The Morgan fingerprint density at radius 3 is 1.74 bits per heavy atom. The highest BCUT2D eigenvalue weighted by molar-refractivity contribution is 6.13. The summed E-state index contributed by atoms with van der Waals surface area (Å²) in [5.74, 6) is 0. The minimum Gasteiger partial charge on any atom is -0.456 e. The summed E-state index contributed by atoms with van der Waals surface area (Å²) in [6.45, 7) is 6.89. The lowest BCUT2D eigenvalue weighted by atomic mass is 9.83. The fourth-order valence-corrected chi connectivity index (χ4v) is 5.93. The molecule has 2 nitrogen and oxygen atoms in total. The van der Waals surface area contributed by atoms with Crippen molar-refractivity contribution in [3.8, 4) is 22.3 Å². The Hall–Kier alpha value is -5.08. The van der Waals surface area contributed by atoms with Gasteiger partial charge >= 0.3 is 0 Å². The number of rotatable bonds is 5. The third kappa shape index (κ3) is 4.65. The van der Waals surface area contributed by atoms with E-state index in [9.17, 15) is 0 Å². The van der Waals surface area contributed by atoms with Crippen molar-refractivity contribution in [2.45, 2.75) is 26.2 Å². The first-order valence-electron chi connectivity index (χ1n) is 14.5. The molecule has 0 radical (unpaired) electrons. The maximum absolute atomic E-state index is 6.34. The normalized spacial score (nSPS) is 11.7. The van der Waals surface area contributed by atoms with Crippen molar-refractivity contribution < 1.29 is 4.42 Å². The maximum Gasteiger partial charge on any atom is 0.137 e. The quantitative estimate of drug-likeness (QED) is 0.215. The average Bonchev–Trinajstić information content (AvgIpc) is 3.42. The predicted molar refractivity (Wildman–Crippen MR) is 178 cm³/mol. The summed E-state index contributed by atoms with van der Waals surface area (Å²) in [5, 5.41) is 2.24. The molecule has 2 heteroatoms. The van der Waals surface area contributed by atoms with Gasteiger partial charge in [-0.05, 0) is 75.7 Å². The minimum atomic E-state index is -0.102. The molecule has 7 rings (SSSR count). The molecule has 0 aliphatic heterocycles. The van der Waals surface area contributed by atoms with Crippen molar-refractivity contribution in [3.05, 3.63) is 151 Å². The Labute approximate surface area is 247 Å². The average molecular weight is 544 g/mol. The Morgan fingerprint density at radius 1 is 0.476 bits per heavy atom. The van der Waals surface area contributed by atoms with Gasteiger partial charge in [0, 0.05) is 16.8 Å². The van der Waals surface area contributed by atoms with Crippen LogP contribution in [0.4, 0.5) is 17.1 Å². The molecule has 6 aromatic carbocycles. The van der Waals surface area contributed by atoms with Crippen molar-refractivity contribution in [1.29, 1.82) is 0 Å². The summed E-state index contributed by atoms with van der Waals surface area (Å²) < 4.78 is 6.34. The van der Waals surface area contributed by atoms with Crippen LogP contribution in [0.15, 0.2) is 150 Å². The molecule has 0 spiro atoms. The van der Waals surface area contributed by atoms with Crippen LogP contribution in [0, 0.1) is 0 Å². The van der Waals surface area contributed by atoms with Crippen LogP contribution in [0.25, 0.3) is 44.2 Å². The smallest absolute Gasteiger partial charge is 0.137 e. The van der Waals surface area contributed by atoms with Crippen molar-refractivity contribution in [1.82, 2.24) is 0 Å². The topological polar surface area (TPSA) is 16.4 Å². The second kappa shape index (κ2) is 10.4. The van der Waals surface area contributed by atoms with Gasteiger partial charge in [0.25, 0.3) is 0 Å². The number of para-hydroxylation sites is 1. The molecule has 0 fully saturated rings. The fourth-order valence-electron chi connectivity index (χ4n) is 5.93. The lowest BCUT2D eigenvalue weighted by Gasteiger charge is -2.33. The Morgan fingerprint density at radius 2 is 1.05 bits per heavy atom. The van der Waals surface area contributed by atoms with E-state index in [0.717, 1.165) is 39.0 Å². The van der Waals surface area contributed by atoms with Crippen molar-refractivity contribution in [2.24, 2.45) is 0 Å². The van der Waals surface area contributed by atoms with Crippen LogP contribution in [-0.2, 0) is 5.41 Å². The predicted octanol–water partition coefficient (Wildman–Crippen LogP) is 11.7. The van der Waals surface area contributed by atoms with Gasteiger partial charge in [0.2, 0.25) is 0 Å². The van der Waals surface area contributed by atoms with Gasteiger partial charge in [-0.2, -0.15) is 0 Å². The van der Waals surface area contributed by atoms with E-state index in [0.29, 0.717) is 0 Å². The number of fused-ring (bicyclic) bond motifs is 3. The number of anilines is 3. The van der Waals surface area contributed by atoms with E-state index in [4.69, 9.17) is 4.42 Å². The van der Waals surface area contributed by atoms with Crippen LogP contribution >= 0.6 is 0 Å². The standard InChI is InChI=1S/C40H33NO/c1-40(2,3)34-27-31(29-15-8-5-9-16-29)23-26-35(34)41(32-24-21-30(22-25-32)28-13-6-4-7-14-28)36-18-12-20-38-39(36)33-17-10-11-19-37(33)42-38/h4-27H,1-3H3. The molecule has 0 bridgehead atoms. The summed E-state index contributed by atoms with van der Waals surface area (Å²) >= 11 is 0. The van der Waals surface area contributed by atoms with Gasteiger partial charge in [0.05, 0.1) is 11.1 Å². The van der Waals surface area contributed by atoms with Gasteiger partial charge in [-0.15, -0.1) is 0 Å². The molecule has 204 valence electrons. The zero-order chi connectivity index (χ0) is 28.7. The lowest BCUT2D eigenvalue weighted by Crippen LogP contribution is -2.19. The summed E-state index contributed by atoms with van der Waals surface area (Å²) in [6, 6.07) is 51.7. The van der Waals surface area contributed by atoms with Gasteiger partial charge in [0.15, 0.2) is 0 Å². The van der Waals surface area contributed by atoms with Crippen LogP contribution in [0.2, 0.25) is 0 Å². The van der Waals surface area contributed by atoms with E-state index >= 15 is 0 Å². The van der Waals surface area contributed by atoms with Crippen molar-refractivity contribution >= 4 is 39.0 Å². The third-order valence-electron chi connectivity index (χ3n) is 8.01. The second-order valence-electron chi connectivity index (χ2n) is 11.8. The summed E-state index contributed by atoms with van der Waals surface area (Å²) in [7, 11) is 0. The molecule has 0 aliphatic rings. The summed E-state index contributed by atoms with van der Waals surface area (Å²) in [6.07, 6.45) is 0. The largest absolute Gasteiger partial charge is 0.456 e. The van der Waals surface area contributed by atoms with Gasteiger partial charge in [-0.1, -0.05) is 124 Å². The molecule has 0 saturated carbocycles. The zero-order valence-electron chi connectivity index (χ0n) is 24.2. The first kappa shape index (κ1) is 25.9. The number of hydrogen-bond acceptors (Lipinski definition) is 2. The maximum atomic E-state index is 6.34. The van der Waals surface area contributed by atoms with Gasteiger partial charge in [-0.3, -0.25) is 0 Å². The van der Waals surface area contributed by atoms with Crippen molar-refractivity contribution in [2.75, 3.05) is 4.90 Å². The molecule has 7 aromatic rings. The second-order valence-corrected chi connectivity index (χ2v) is 11.8. The third-order valence-corrected chi connectivity index (χ3v) is 8.01. The van der Waals surface area contributed by atoms with Crippen LogP contribution in [-0.4, -0.2) is 0 Å². The number of nitrogens with zero attached hydrogens (tertiary/aromatic N) is 1. The Kier molecular flexibility index (Phi) is 6.40. The molecule has 0 aliphatic carbocycles. The fraction of sp³-hybridized carbons (Fsp3) is 0.100. The SMILES string of the molecule is CC(C)(C)c1cc(-c2ccccc2)ccc1N(c1ccc(-c2ccccc2)cc1)c1cccc2oc3ccccc3c12. The molecule has 0 atom stereocenters. The molecule has 0 unspecified atom stereocenters. The van der Waals surface area contributed by atoms with Crippen molar-refractivity contribution in [3.63, 3.8) is 0 Å². The highest BCUT2D eigenvalue weighted by Gasteiger charge is 2.26. The van der Waals surface area contributed by atoms with Crippen LogP contribution in [0.5, 0.6) is 0 Å². The van der Waals surface area contributed by atoms with Gasteiger partial charge in [0.1, 0.15) is 11.2 Å². The van der Waals surface area contributed by atoms with Gasteiger partial charge in [-0.25, -0.2) is 0 Å². The van der Waals surface area contributed by atoms with E-state index in [2.05, 4.69) is 159 Å². The van der Waals surface area contributed by atoms with E-state index in [1.165, 1.54) is 27.8 Å². The molecule has 1 heterocycles. The molecule has 0 N–H and O–H groups in total. The summed E-state index contributed by atoms with van der Waals surface area (Å²) in [4.78, 5) is 2.41. The van der Waals surface area contributed by atoms with Crippen LogP contribution in [0.1, 0.15) is 26.3 Å². The number of hydrogen-bond donors (Lipinski definition) is 0. The highest BCUT2D eigenvalue weighted by atomic mass is 16.3. The van der Waals surface area contributed by atoms with E-state index in [1.807, 2.05) is 12.1 Å². The first-order valence-corrected chi connectivity index (χ1v) is 14.5. The Balaban J connectivity index is 1.49. The molecule has 42 heavy (non-hydrogen) atoms. The van der Waals surface area contributed by atoms with E-state index in [1.54, 1.807) is 0 Å². The molecular weight excluding hydrogens is 510 g/mol. The van der Waals surface area contributed by atoms with Gasteiger partial charge < -0.3 is 9.32 Å². The van der Waals surface area contributed by atoms with E-state index < -0.39 is 0 Å². The minimum absolute atomic E-state index is 0.102. The molecular formula is C40H33NO. The number of furan rings is 1. The molecule has 0 amide bonds. The highest BCUT2D eigenvalue weighted by Crippen LogP contribution is 2.46. The Bertz CT molecular complexity index is 2000. The lowest BCUT2D eigenvalue weighted by molar-refractivity contribution is 0.591. The first-order chi connectivity index (χ1) is 20.5. The number of benzene rings is 6. The van der Waals surface area contributed by atoms with Crippen LogP contribution < -0.4 is 4.90 Å². The zero-order valence-corrected chi connectivity index (χ0v) is 24.2. The molecule has 1 aromatic heterocycles. The van der Waals surface area contributed by atoms with E-state index in [-0.39, 0.29) is 5.41 Å². The monoisotopic (exact) mass is 543 g/mol. The van der Waals surface area contributed by atoms with Crippen LogP contribution in [0.3, 0.4) is 0 Å².